The van der Waals surface area contributed by atoms with Gasteiger partial charge in [-0.1, -0.05) is 6.07 Å². The predicted octanol–water partition coefficient (Wildman–Crippen LogP) is 3.29. The summed E-state index contributed by atoms with van der Waals surface area (Å²) < 4.78 is 16.9. The number of nitrogens with zero attached hydrogens (tertiary/aromatic N) is 3. The van der Waals surface area contributed by atoms with E-state index in [2.05, 4.69) is 4.98 Å². The topological polar surface area (TPSA) is 82.4 Å². The third kappa shape index (κ3) is 2.71. The van der Waals surface area contributed by atoms with Gasteiger partial charge in [0.2, 0.25) is 0 Å². The zero-order valence-electron chi connectivity index (χ0n) is 15.6. The van der Waals surface area contributed by atoms with Crippen LogP contribution in [-0.4, -0.2) is 14.1 Å². The summed E-state index contributed by atoms with van der Waals surface area (Å²) in [6.07, 6.45) is 4.56. The van der Waals surface area contributed by atoms with Crippen molar-refractivity contribution in [3.05, 3.63) is 79.8 Å². The predicted molar refractivity (Wildman–Crippen MR) is 111 cm³/mol. The molecule has 0 unspecified atom stereocenters. The quantitative estimate of drug-likeness (QED) is 0.528. The Hall–Kier alpha value is -3.26. The van der Waals surface area contributed by atoms with E-state index in [9.17, 15) is 9.59 Å². The van der Waals surface area contributed by atoms with Crippen molar-refractivity contribution >= 4 is 16.9 Å². The van der Waals surface area contributed by atoms with Gasteiger partial charge in [0.15, 0.2) is 0 Å². The summed E-state index contributed by atoms with van der Waals surface area (Å²) in [5.41, 5.74) is 2.16. The molecule has 8 heteroatoms. The Bertz CT molecular complexity index is 1380. The van der Waals surface area contributed by atoms with Gasteiger partial charge in [-0.15, -0.1) is 11.3 Å². The van der Waals surface area contributed by atoms with Crippen LogP contribution < -0.4 is 17.1 Å². The largest absolute Gasteiger partial charge is 0.354 e. The number of hydrogen-bond donors (Lipinski definition) is 1. The molecule has 1 aliphatic rings. The summed E-state index contributed by atoms with van der Waals surface area (Å²) in [7, 11) is 0. The highest BCUT2D eigenvalue weighted by atomic mass is 32.1. The average Bonchev–Trinajstić information content (AvgIpc) is 3.44. The molecular formula is C21H17FN4O2S. The molecule has 4 aromatic heterocycles. The molecule has 4 heterocycles. The fraction of sp³-hybridized carbons (Fsp3) is 0.190. The van der Waals surface area contributed by atoms with Crippen LogP contribution >= 0.6 is 11.3 Å². The van der Waals surface area contributed by atoms with Gasteiger partial charge >= 0.3 is 5.69 Å². The van der Waals surface area contributed by atoms with Crippen LogP contribution in [0.2, 0.25) is 0 Å². The lowest BCUT2D eigenvalue weighted by Crippen LogP contribution is -2.44. The van der Waals surface area contributed by atoms with Crippen molar-refractivity contribution in [2.45, 2.75) is 25.7 Å². The van der Waals surface area contributed by atoms with Gasteiger partial charge in [0, 0.05) is 17.3 Å². The summed E-state index contributed by atoms with van der Waals surface area (Å²) in [5, 5.41) is 1.87. The van der Waals surface area contributed by atoms with Crippen molar-refractivity contribution in [2.24, 2.45) is 0 Å². The second kappa shape index (κ2) is 6.38. The molecule has 0 bridgehead atoms. The van der Waals surface area contributed by atoms with Crippen molar-refractivity contribution < 1.29 is 4.39 Å². The van der Waals surface area contributed by atoms with Crippen LogP contribution in [0.15, 0.2) is 51.6 Å². The Morgan fingerprint density at radius 2 is 2.07 bits per heavy atom. The van der Waals surface area contributed by atoms with Gasteiger partial charge in [-0.2, -0.15) is 4.68 Å². The van der Waals surface area contributed by atoms with E-state index in [0.29, 0.717) is 32.4 Å². The minimum atomic E-state index is -0.748. The van der Waals surface area contributed by atoms with Crippen LogP contribution in [0.1, 0.15) is 29.9 Å². The van der Waals surface area contributed by atoms with E-state index >= 15 is 4.39 Å². The van der Waals surface area contributed by atoms with E-state index in [1.54, 1.807) is 13.1 Å². The Balaban J connectivity index is 1.79. The van der Waals surface area contributed by atoms with Crippen LogP contribution in [0.3, 0.4) is 0 Å². The Morgan fingerprint density at radius 1 is 1.28 bits per heavy atom. The molecule has 146 valence electrons. The van der Waals surface area contributed by atoms with Crippen molar-refractivity contribution in [1.29, 1.82) is 0 Å². The first kappa shape index (κ1) is 17.8. The number of fused-ring (bicyclic) bond motifs is 1. The fourth-order valence-electron chi connectivity index (χ4n) is 3.84. The number of aryl methyl sites for hydroxylation is 1. The zero-order valence-corrected chi connectivity index (χ0v) is 16.4. The van der Waals surface area contributed by atoms with Gasteiger partial charge in [-0.3, -0.25) is 14.2 Å². The molecule has 0 amide bonds. The molecule has 29 heavy (non-hydrogen) atoms. The molecule has 0 saturated heterocycles. The molecule has 1 saturated carbocycles. The van der Waals surface area contributed by atoms with Crippen molar-refractivity contribution in [2.75, 3.05) is 5.84 Å². The van der Waals surface area contributed by atoms with E-state index in [-0.39, 0.29) is 5.92 Å². The maximum Gasteiger partial charge on any atom is 0.354 e. The second-order valence-electron chi connectivity index (χ2n) is 7.26. The van der Waals surface area contributed by atoms with E-state index in [1.807, 2.05) is 29.6 Å². The van der Waals surface area contributed by atoms with E-state index in [4.69, 9.17) is 5.84 Å². The second-order valence-corrected chi connectivity index (χ2v) is 8.17. The number of aromatic nitrogens is 3. The number of rotatable bonds is 3. The van der Waals surface area contributed by atoms with Gasteiger partial charge in [0.1, 0.15) is 5.82 Å². The molecule has 2 N–H and O–H groups in total. The Morgan fingerprint density at radius 3 is 2.76 bits per heavy atom. The molecule has 1 aliphatic carbocycles. The molecule has 6 nitrogen and oxygen atoms in total. The molecular weight excluding hydrogens is 391 g/mol. The highest BCUT2D eigenvalue weighted by Gasteiger charge is 2.32. The fourth-order valence-corrected chi connectivity index (χ4v) is 4.72. The molecule has 0 atom stereocenters. The number of nitrogen functional groups attached to an aromatic ring is 1. The van der Waals surface area contributed by atoms with Crippen LogP contribution in [-0.2, 0) is 0 Å². The molecule has 0 aromatic carbocycles. The van der Waals surface area contributed by atoms with E-state index < -0.39 is 17.1 Å². The van der Waals surface area contributed by atoms with Crippen molar-refractivity contribution in [3.8, 4) is 21.7 Å². The van der Waals surface area contributed by atoms with E-state index in [1.165, 1.54) is 11.3 Å². The summed E-state index contributed by atoms with van der Waals surface area (Å²) in [5.74, 6) is 5.19. The standard InChI is InChI=1S/C21H17FN4O2S/c1-11-17(13-8-16(29-10-13)15-4-2-3-7-24-15)14(22)9-25-19(11)18(12-5-6-12)20(27)26(23)21(25)28/h2-4,7-10,12H,5-6,23H2,1H3. The molecule has 1 fully saturated rings. The molecule has 4 aromatic rings. The van der Waals surface area contributed by atoms with Gasteiger partial charge < -0.3 is 5.84 Å². The lowest BCUT2D eigenvalue weighted by molar-refractivity contribution is 0.616. The highest BCUT2D eigenvalue weighted by Crippen LogP contribution is 2.42. The number of thiophene rings is 1. The lowest BCUT2D eigenvalue weighted by Gasteiger charge is -2.15. The van der Waals surface area contributed by atoms with Crippen molar-refractivity contribution in [1.82, 2.24) is 14.1 Å². The molecule has 0 aliphatic heterocycles. The normalized spacial score (nSPS) is 13.9. The van der Waals surface area contributed by atoms with Crippen LogP contribution in [0, 0.1) is 12.7 Å². The van der Waals surface area contributed by atoms with Gasteiger partial charge in [-0.05, 0) is 60.4 Å². The van der Waals surface area contributed by atoms with Crippen LogP contribution in [0.25, 0.3) is 27.2 Å². The van der Waals surface area contributed by atoms with Crippen LogP contribution in [0.4, 0.5) is 4.39 Å². The Kier molecular flexibility index (Phi) is 3.92. The summed E-state index contributed by atoms with van der Waals surface area (Å²) in [6.45, 7) is 1.75. The minimum Gasteiger partial charge on any atom is -0.332 e. The van der Waals surface area contributed by atoms with Crippen molar-refractivity contribution in [3.63, 3.8) is 0 Å². The van der Waals surface area contributed by atoms with Crippen LogP contribution in [0.5, 0.6) is 0 Å². The summed E-state index contributed by atoms with van der Waals surface area (Å²) in [6, 6.07) is 7.52. The monoisotopic (exact) mass is 408 g/mol. The maximum atomic E-state index is 15.1. The first-order chi connectivity index (χ1) is 14.0. The number of hydrogen-bond acceptors (Lipinski definition) is 5. The molecule has 0 radical (unpaired) electrons. The first-order valence-corrected chi connectivity index (χ1v) is 10.1. The maximum absolute atomic E-state index is 15.1. The van der Waals surface area contributed by atoms with Gasteiger partial charge in [0.05, 0.1) is 22.3 Å². The SMILES string of the molecule is Cc1c(-c2csc(-c3ccccn3)c2)c(F)cn2c(=O)n(N)c(=O)c(C3CC3)c12. The third-order valence-electron chi connectivity index (χ3n) is 5.36. The number of nitrogens with two attached hydrogens (primary N) is 1. The minimum absolute atomic E-state index is 0.0523. The van der Waals surface area contributed by atoms with E-state index in [0.717, 1.165) is 34.0 Å². The number of pyridine rings is 2. The average molecular weight is 408 g/mol. The smallest absolute Gasteiger partial charge is 0.332 e. The Labute approximate surface area is 168 Å². The van der Waals surface area contributed by atoms with Gasteiger partial charge in [-0.25, -0.2) is 9.18 Å². The number of halogens is 1. The summed E-state index contributed by atoms with van der Waals surface area (Å²) in [4.78, 5) is 30.5. The molecule has 0 spiro atoms. The highest BCUT2D eigenvalue weighted by molar-refractivity contribution is 7.14. The lowest BCUT2D eigenvalue weighted by atomic mass is 9.99. The zero-order chi connectivity index (χ0) is 20.3. The molecule has 5 rings (SSSR count). The first-order valence-electron chi connectivity index (χ1n) is 9.23. The third-order valence-corrected chi connectivity index (χ3v) is 6.31. The van der Waals surface area contributed by atoms with Gasteiger partial charge in [0.25, 0.3) is 5.56 Å². The summed E-state index contributed by atoms with van der Waals surface area (Å²) >= 11 is 1.47.